The molecule has 238 valence electrons. The molecule has 1 atom stereocenters. The molecule has 47 heavy (non-hydrogen) atoms. The fourth-order valence-corrected chi connectivity index (χ4v) is 5.36. The molecule has 2 heterocycles. The number of carbonyl (C=O) groups is 2. The quantitative estimate of drug-likeness (QED) is 0.101. The summed E-state index contributed by atoms with van der Waals surface area (Å²) in [6, 6.07) is 23.4. The normalized spacial score (nSPS) is 14.8. The monoisotopic (exact) mass is 630 g/mol. The lowest BCUT2D eigenvalue weighted by molar-refractivity contribution is -0.384. The van der Waals surface area contributed by atoms with Gasteiger partial charge in [0.2, 0.25) is 0 Å². The molecule has 10 nitrogen and oxygen atoms in total. The van der Waals surface area contributed by atoms with E-state index in [9.17, 15) is 19.7 Å². The summed E-state index contributed by atoms with van der Waals surface area (Å²) in [4.78, 5) is 45.6. The van der Waals surface area contributed by atoms with E-state index in [1.807, 2.05) is 66.7 Å². The summed E-state index contributed by atoms with van der Waals surface area (Å²) >= 11 is 0. The summed E-state index contributed by atoms with van der Waals surface area (Å²) in [7, 11) is 0. The number of nitro benzene ring substituents is 1. The Morgan fingerprint density at radius 1 is 0.851 bits per heavy atom. The fourth-order valence-electron chi connectivity index (χ4n) is 5.36. The van der Waals surface area contributed by atoms with Gasteiger partial charge in [0.15, 0.2) is 0 Å². The van der Waals surface area contributed by atoms with E-state index in [4.69, 9.17) is 9.47 Å². The van der Waals surface area contributed by atoms with Crippen molar-refractivity contribution in [1.82, 2.24) is 15.3 Å². The van der Waals surface area contributed by atoms with E-state index in [2.05, 4.69) is 15.3 Å². The van der Waals surface area contributed by atoms with Gasteiger partial charge in [-0.25, -0.2) is 14.6 Å². The van der Waals surface area contributed by atoms with Crippen LogP contribution < -0.4 is 5.32 Å². The molecular formula is C37H34N4O6. The van der Waals surface area contributed by atoms with E-state index < -0.39 is 22.8 Å². The summed E-state index contributed by atoms with van der Waals surface area (Å²) in [5.74, 6) is -1.39. The number of imidazole rings is 1. The number of ether oxygens (including phenoxy) is 2. The third kappa shape index (κ3) is 8.37. The Morgan fingerprint density at radius 3 is 2.04 bits per heavy atom. The molecular weight excluding hydrogens is 596 g/mol. The van der Waals surface area contributed by atoms with Gasteiger partial charge in [-0.2, -0.15) is 0 Å². The van der Waals surface area contributed by atoms with Gasteiger partial charge in [0.1, 0.15) is 19.0 Å². The van der Waals surface area contributed by atoms with Crippen molar-refractivity contribution in [2.75, 3.05) is 13.2 Å². The minimum absolute atomic E-state index is 0.0107. The molecule has 1 aliphatic heterocycles. The maximum atomic E-state index is 13.6. The standard InChI is InChI=1S/C37H34N4O6/c1-25-33(36(42)46-21-7-11-27-9-4-3-5-10-27)35(30-13-6-14-31(24-30)41(44)45)34(26(2)40-25)37(43)47-22-8-12-28-15-17-29(18-16-28)23-32-38-19-20-39-32/h3-20,24,35,40H,21-23H2,1-2H3,(H,38,39)/b11-7+,12-8+. The van der Waals surface area contributed by atoms with Crippen LogP contribution in [0.25, 0.3) is 12.2 Å². The van der Waals surface area contributed by atoms with Crippen LogP contribution in [0.4, 0.5) is 5.69 Å². The van der Waals surface area contributed by atoms with E-state index in [-0.39, 0.29) is 30.0 Å². The number of aromatic nitrogens is 2. The van der Waals surface area contributed by atoms with Gasteiger partial charge in [0.25, 0.3) is 5.69 Å². The second-order valence-corrected chi connectivity index (χ2v) is 10.9. The van der Waals surface area contributed by atoms with Crippen molar-refractivity contribution in [3.05, 3.63) is 164 Å². The molecule has 0 aliphatic carbocycles. The van der Waals surface area contributed by atoms with Crippen LogP contribution in [0.3, 0.4) is 0 Å². The van der Waals surface area contributed by atoms with Crippen molar-refractivity contribution < 1.29 is 24.0 Å². The highest BCUT2D eigenvalue weighted by Gasteiger charge is 2.38. The molecule has 2 N–H and O–H groups in total. The predicted octanol–water partition coefficient (Wildman–Crippen LogP) is 6.66. The topological polar surface area (TPSA) is 136 Å². The molecule has 3 aromatic carbocycles. The summed E-state index contributed by atoms with van der Waals surface area (Å²) in [6.07, 6.45) is 11.3. The second kappa shape index (κ2) is 15.3. The summed E-state index contributed by atoms with van der Waals surface area (Å²) < 4.78 is 11.3. The van der Waals surface area contributed by atoms with Crippen LogP contribution in [-0.4, -0.2) is 40.0 Å². The molecule has 0 saturated heterocycles. The van der Waals surface area contributed by atoms with E-state index in [1.54, 1.807) is 44.5 Å². The molecule has 0 spiro atoms. The third-order valence-electron chi connectivity index (χ3n) is 7.56. The Labute approximate surface area is 272 Å². The fraction of sp³-hybridized carbons (Fsp3) is 0.162. The highest BCUT2D eigenvalue weighted by atomic mass is 16.6. The van der Waals surface area contributed by atoms with Crippen LogP contribution in [0.15, 0.2) is 126 Å². The molecule has 4 aromatic rings. The molecule has 1 aliphatic rings. The van der Waals surface area contributed by atoms with E-state index in [0.717, 1.165) is 22.5 Å². The Hall–Kier alpha value is -6.03. The lowest BCUT2D eigenvalue weighted by atomic mass is 9.80. The number of carbonyl (C=O) groups excluding carboxylic acids is 2. The van der Waals surface area contributed by atoms with Crippen LogP contribution in [0.1, 0.15) is 47.8 Å². The Kier molecular flexibility index (Phi) is 10.5. The van der Waals surface area contributed by atoms with Crippen molar-refractivity contribution >= 4 is 29.8 Å². The molecule has 1 aromatic heterocycles. The maximum absolute atomic E-state index is 13.6. The first-order valence-corrected chi connectivity index (χ1v) is 15.0. The number of nitrogens with one attached hydrogen (secondary N) is 2. The largest absolute Gasteiger partial charge is 0.458 e. The number of dihydropyridines is 1. The number of hydrogen-bond acceptors (Lipinski definition) is 8. The highest BCUT2D eigenvalue weighted by Crippen LogP contribution is 2.40. The molecule has 1 unspecified atom stereocenters. The summed E-state index contributed by atoms with van der Waals surface area (Å²) in [5, 5.41) is 14.7. The molecule has 0 amide bonds. The van der Waals surface area contributed by atoms with E-state index in [0.29, 0.717) is 23.4 Å². The first-order chi connectivity index (χ1) is 22.8. The molecule has 0 radical (unpaired) electrons. The number of nitrogens with zero attached hydrogens (tertiary/aromatic N) is 2. The van der Waals surface area contributed by atoms with Crippen molar-refractivity contribution in [3.8, 4) is 0 Å². The maximum Gasteiger partial charge on any atom is 0.337 e. The zero-order chi connectivity index (χ0) is 33.2. The van der Waals surface area contributed by atoms with E-state index in [1.165, 1.54) is 18.2 Å². The second-order valence-electron chi connectivity index (χ2n) is 10.9. The van der Waals surface area contributed by atoms with Gasteiger partial charge in [-0.15, -0.1) is 0 Å². The Bertz CT molecular complexity index is 1860. The number of rotatable bonds is 12. The van der Waals surface area contributed by atoms with Crippen LogP contribution in [0.5, 0.6) is 0 Å². The predicted molar refractivity (Wildman–Crippen MR) is 179 cm³/mol. The molecule has 0 fully saturated rings. The van der Waals surface area contributed by atoms with Gasteiger partial charge in [-0.05, 0) is 48.3 Å². The number of nitro groups is 1. The lowest BCUT2D eigenvalue weighted by Crippen LogP contribution is -2.32. The Morgan fingerprint density at radius 2 is 1.47 bits per heavy atom. The van der Waals surface area contributed by atoms with Gasteiger partial charge in [0.05, 0.1) is 22.0 Å². The first-order valence-electron chi connectivity index (χ1n) is 15.0. The van der Waals surface area contributed by atoms with Crippen LogP contribution in [0, 0.1) is 10.1 Å². The molecule has 0 saturated carbocycles. The van der Waals surface area contributed by atoms with Gasteiger partial charge < -0.3 is 19.8 Å². The Balaban J connectivity index is 1.32. The molecule has 0 bridgehead atoms. The average molecular weight is 631 g/mol. The number of non-ortho nitro benzene ring substituents is 1. The SMILES string of the molecule is CC1=C(C(=O)OC/C=C/c2ccccc2)C(c2cccc([N+](=O)[O-])c2)C(C(=O)OC/C=C/c2ccc(Cc3ncc[nH]3)cc2)=C(C)N1. The van der Waals surface area contributed by atoms with Crippen molar-refractivity contribution in [1.29, 1.82) is 0 Å². The van der Waals surface area contributed by atoms with E-state index >= 15 is 0 Å². The number of benzene rings is 3. The van der Waals surface area contributed by atoms with Crippen LogP contribution in [0.2, 0.25) is 0 Å². The van der Waals surface area contributed by atoms with Crippen molar-refractivity contribution in [3.63, 3.8) is 0 Å². The van der Waals surface area contributed by atoms with Gasteiger partial charge >= 0.3 is 11.9 Å². The number of esters is 2. The number of hydrogen-bond donors (Lipinski definition) is 2. The lowest BCUT2D eigenvalue weighted by Gasteiger charge is -2.30. The van der Waals surface area contributed by atoms with Crippen LogP contribution >= 0.6 is 0 Å². The summed E-state index contributed by atoms with van der Waals surface area (Å²) in [6.45, 7) is 3.37. The van der Waals surface area contributed by atoms with Gasteiger partial charge in [-0.3, -0.25) is 10.1 Å². The van der Waals surface area contributed by atoms with Crippen molar-refractivity contribution in [2.45, 2.75) is 26.2 Å². The van der Waals surface area contributed by atoms with Crippen LogP contribution in [-0.2, 0) is 25.5 Å². The minimum atomic E-state index is -0.958. The zero-order valence-corrected chi connectivity index (χ0v) is 26.0. The summed E-state index contributed by atoms with van der Waals surface area (Å²) in [5.41, 5.74) is 4.49. The first kappa shape index (κ1) is 32.4. The van der Waals surface area contributed by atoms with Crippen molar-refractivity contribution in [2.24, 2.45) is 0 Å². The number of aromatic amines is 1. The molecule has 10 heteroatoms. The van der Waals surface area contributed by atoms with Gasteiger partial charge in [0, 0.05) is 42.3 Å². The zero-order valence-electron chi connectivity index (χ0n) is 26.0. The number of H-pyrrole nitrogens is 1. The average Bonchev–Trinajstić information content (AvgIpc) is 3.59. The number of allylic oxidation sites excluding steroid dienone is 2. The molecule has 5 rings (SSSR count). The van der Waals surface area contributed by atoms with Gasteiger partial charge in [-0.1, -0.05) is 78.9 Å². The smallest absolute Gasteiger partial charge is 0.337 e. The third-order valence-corrected chi connectivity index (χ3v) is 7.56. The minimum Gasteiger partial charge on any atom is -0.458 e. The highest BCUT2D eigenvalue weighted by molar-refractivity contribution is 6.00.